The number of hydrogen-bond donors (Lipinski definition) is 1. The van der Waals surface area contributed by atoms with Crippen molar-refractivity contribution >= 4 is 0 Å². The second kappa shape index (κ2) is 6.01. The number of aliphatic hydroxyl groups is 1. The van der Waals surface area contributed by atoms with Gasteiger partial charge in [0.2, 0.25) is 5.88 Å². The lowest BCUT2D eigenvalue weighted by molar-refractivity contribution is -0.274. The van der Waals surface area contributed by atoms with E-state index in [1.165, 1.54) is 37.6 Å². The number of rotatable bonds is 4. The number of halogens is 3. The first-order valence-electron chi connectivity index (χ1n) is 5.93. The fourth-order valence-electron chi connectivity index (χ4n) is 1.81. The molecule has 1 aromatic carbocycles. The molecule has 0 aliphatic rings. The maximum Gasteiger partial charge on any atom is 0.573 e. The van der Waals surface area contributed by atoms with Crippen molar-refractivity contribution in [3.63, 3.8) is 0 Å². The molecule has 2 rings (SSSR count). The molecule has 1 aromatic heterocycles. The first-order valence-corrected chi connectivity index (χ1v) is 5.93. The Morgan fingerprint density at radius 2 is 1.86 bits per heavy atom. The van der Waals surface area contributed by atoms with Crippen molar-refractivity contribution in [2.75, 3.05) is 7.11 Å². The lowest BCUT2D eigenvalue weighted by Crippen LogP contribution is -2.16. The van der Waals surface area contributed by atoms with Crippen LogP contribution in [-0.4, -0.2) is 23.6 Å². The topological polar surface area (TPSA) is 51.6 Å². The highest BCUT2D eigenvalue weighted by Gasteiger charge is 2.30. The summed E-state index contributed by atoms with van der Waals surface area (Å²) in [6.07, 6.45) is -3.23. The van der Waals surface area contributed by atoms with Crippen LogP contribution in [0.1, 0.15) is 5.56 Å². The SMILES string of the molecule is COc1cc(CO)c(-c2ccc(OC(F)(F)F)cc2)cn1. The summed E-state index contributed by atoms with van der Waals surface area (Å²) in [7, 11) is 1.45. The second-order valence-electron chi connectivity index (χ2n) is 4.11. The van der Waals surface area contributed by atoms with Gasteiger partial charge in [-0.1, -0.05) is 12.1 Å². The maximum atomic E-state index is 12.1. The monoisotopic (exact) mass is 299 g/mol. The first-order chi connectivity index (χ1) is 9.93. The zero-order valence-corrected chi connectivity index (χ0v) is 11.0. The van der Waals surface area contributed by atoms with E-state index >= 15 is 0 Å². The van der Waals surface area contributed by atoms with Gasteiger partial charge in [0.15, 0.2) is 0 Å². The van der Waals surface area contributed by atoms with Crippen LogP contribution in [0.3, 0.4) is 0 Å². The van der Waals surface area contributed by atoms with Crippen molar-refractivity contribution in [3.8, 4) is 22.8 Å². The fraction of sp³-hybridized carbons (Fsp3) is 0.214. The molecule has 1 N–H and O–H groups in total. The summed E-state index contributed by atoms with van der Waals surface area (Å²) in [5, 5.41) is 9.35. The number of methoxy groups -OCH3 is 1. The number of nitrogens with zero attached hydrogens (tertiary/aromatic N) is 1. The molecule has 0 amide bonds. The first kappa shape index (κ1) is 15.1. The highest BCUT2D eigenvalue weighted by Crippen LogP contribution is 2.29. The Balaban J connectivity index is 2.30. The van der Waals surface area contributed by atoms with Gasteiger partial charge in [0.1, 0.15) is 5.75 Å². The summed E-state index contributed by atoms with van der Waals surface area (Å²) in [5.41, 5.74) is 1.78. The zero-order chi connectivity index (χ0) is 15.5. The van der Waals surface area contributed by atoms with Gasteiger partial charge in [0, 0.05) is 17.8 Å². The molecule has 7 heteroatoms. The Bertz CT molecular complexity index is 612. The van der Waals surface area contributed by atoms with Gasteiger partial charge < -0.3 is 14.6 Å². The van der Waals surface area contributed by atoms with Gasteiger partial charge >= 0.3 is 6.36 Å². The summed E-state index contributed by atoms with van der Waals surface area (Å²) >= 11 is 0. The van der Waals surface area contributed by atoms with Crippen LogP contribution in [-0.2, 0) is 6.61 Å². The molecule has 0 bridgehead atoms. The average Bonchev–Trinajstić information content (AvgIpc) is 2.46. The van der Waals surface area contributed by atoms with Gasteiger partial charge in [-0.15, -0.1) is 13.2 Å². The van der Waals surface area contributed by atoms with Crippen LogP contribution < -0.4 is 9.47 Å². The molecule has 0 unspecified atom stereocenters. The highest BCUT2D eigenvalue weighted by molar-refractivity contribution is 5.67. The van der Waals surface area contributed by atoms with E-state index in [1.807, 2.05) is 0 Å². The van der Waals surface area contributed by atoms with Crippen molar-refractivity contribution in [2.45, 2.75) is 13.0 Å². The Morgan fingerprint density at radius 1 is 1.19 bits per heavy atom. The van der Waals surface area contributed by atoms with Crippen LogP contribution in [0.5, 0.6) is 11.6 Å². The third-order valence-electron chi connectivity index (χ3n) is 2.74. The van der Waals surface area contributed by atoms with Gasteiger partial charge in [0.25, 0.3) is 0 Å². The van der Waals surface area contributed by atoms with E-state index < -0.39 is 6.36 Å². The Labute approximate surface area is 118 Å². The molecule has 0 atom stereocenters. The zero-order valence-electron chi connectivity index (χ0n) is 11.0. The normalized spacial score (nSPS) is 11.3. The van der Waals surface area contributed by atoms with E-state index in [4.69, 9.17) is 4.74 Å². The second-order valence-corrected chi connectivity index (χ2v) is 4.11. The summed E-state index contributed by atoms with van der Waals surface area (Å²) in [4.78, 5) is 4.02. The van der Waals surface area contributed by atoms with Gasteiger partial charge in [-0.05, 0) is 23.3 Å². The van der Waals surface area contributed by atoms with Crippen LogP contribution >= 0.6 is 0 Å². The molecule has 2 aromatic rings. The third kappa shape index (κ3) is 3.85. The summed E-state index contributed by atoms with van der Waals surface area (Å²) in [6.45, 7) is -0.241. The molecule has 1 heterocycles. The summed E-state index contributed by atoms with van der Waals surface area (Å²) in [6, 6.07) is 6.89. The molecule has 0 radical (unpaired) electrons. The van der Waals surface area contributed by atoms with Crippen LogP contribution in [0.25, 0.3) is 11.1 Å². The maximum absolute atomic E-state index is 12.1. The number of ether oxygens (including phenoxy) is 2. The smallest absolute Gasteiger partial charge is 0.481 e. The Hall–Kier alpha value is -2.28. The molecular weight excluding hydrogens is 287 g/mol. The molecule has 112 valence electrons. The molecule has 0 aliphatic heterocycles. The third-order valence-corrected chi connectivity index (χ3v) is 2.74. The standard InChI is InChI=1S/C14H12F3NO3/c1-20-13-6-10(8-19)12(7-18-13)9-2-4-11(5-3-9)21-14(15,16)17/h2-7,19H,8H2,1H3. The predicted molar refractivity (Wildman–Crippen MR) is 68.8 cm³/mol. The quantitative estimate of drug-likeness (QED) is 0.942. The number of aliphatic hydroxyl groups excluding tert-OH is 1. The molecule has 0 saturated carbocycles. The van der Waals surface area contributed by atoms with Crippen LogP contribution in [0.2, 0.25) is 0 Å². The van der Waals surface area contributed by atoms with Crippen LogP contribution in [0.15, 0.2) is 36.5 Å². The molecule has 21 heavy (non-hydrogen) atoms. The van der Waals surface area contributed by atoms with Gasteiger partial charge in [-0.2, -0.15) is 0 Å². The Morgan fingerprint density at radius 3 is 2.38 bits per heavy atom. The van der Waals surface area contributed by atoms with E-state index in [-0.39, 0.29) is 12.4 Å². The molecule has 0 fully saturated rings. The minimum atomic E-state index is -4.72. The molecule has 0 saturated heterocycles. The number of aromatic nitrogens is 1. The van der Waals surface area contributed by atoms with E-state index in [1.54, 1.807) is 6.07 Å². The van der Waals surface area contributed by atoms with E-state index in [2.05, 4.69) is 9.72 Å². The number of alkyl halides is 3. The van der Waals surface area contributed by atoms with E-state index in [0.29, 0.717) is 22.6 Å². The largest absolute Gasteiger partial charge is 0.573 e. The van der Waals surface area contributed by atoms with Crippen molar-refractivity contribution in [1.82, 2.24) is 4.98 Å². The molecule has 4 nitrogen and oxygen atoms in total. The summed E-state index contributed by atoms with van der Waals surface area (Å²) in [5.74, 6) is 0.0399. The number of hydrogen-bond acceptors (Lipinski definition) is 4. The average molecular weight is 299 g/mol. The van der Waals surface area contributed by atoms with Crippen LogP contribution in [0.4, 0.5) is 13.2 Å². The van der Waals surface area contributed by atoms with Crippen LogP contribution in [0, 0.1) is 0 Å². The lowest BCUT2D eigenvalue weighted by Gasteiger charge is -2.11. The number of pyridine rings is 1. The molecule has 0 spiro atoms. The van der Waals surface area contributed by atoms with Gasteiger partial charge in [-0.25, -0.2) is 4.98 Å². The van der Waals surface area contributed by atoms with E-state index in [0.717, 1.165) is 0 Å². The Kier molecular flexibility index (Phi) is 4.32. The minimum Gasteiger partial charge on any atom is -0.481 e. The minimum absolute atomic E-state index is 0.241. The molecule has 0 aliphatic carbocycles. The highest BCUT2D eigenvalue weighted by atomic mass is 19.4. The molecular formula is C14H12F3NO3. The van der Waals surface area contributed by atoms with E-state index in [9.17, 15) is 18.3 Å². The van der Waals surface area contributed by atoms with Crippen molar-refractivity contribution in [2.24, 2.45) is 0 Å². The van der Waals surface area contributed by atoms with Gasteiger partial charge in [0.05, 0.1) is 13.7 Å². The van der Waals surface area contributed by atoms with Gasteiger partial charge in [-0.3, -0.25) is 0 Å². The van der Waals surface area contributed by atoms with Crippen molar-refractivity contribution in [3.05, 3.63) is 42.1 Å². The number of benzene rings is 1. The lowest BCUT2D eigenvalue weighted by atomic mass is 10.0. The van der Waals surface area contributed by atoms with Crippen molar-refractivity contribution in [1.29, 1.82) is 0 Å². The predicted octanol–water partition coefficient (Wildman–Crippen LogP) is 3.15. The fourth-order valence-corrected chi connectivity index (χ4v) is 1.81. The van der Waals surface area contributed by atoms with Crippen molar-refractivity contribution < 1.29 is 27.8 Å². The summed E-state index contributed by atoms with van der Waals surface area (Å²) < 4.78 is 45.0.